The van der Waals surface area contributed by atoms with Crippen LogP contribution in [0.15, 0.2) is 16.8 Å². The maximum atomic E-state index is 12.9. The van der Waals surface area contributed by atoms with E-state index < -0.39 is 0 Å². The van der Waals surface area contributed by atoms with Crippen LogP contribution in [0.3, 0.4) is 0 Å². The van der Waals surface area contributed by atoms with Crippen molar-refractivity contribution in [3.8, 4) is 0 Å². The first-order chi connectivity index (χ1) is 17.2. The predicted octanol–water partition coefficient (Wildman–Crippen LogP) is 5.97. The van der Waals surface area contributed by atoms with Gasteiger partial charge in [-0.1, -0.05) is 31.5 Å². The van der Waals surface area contributed by atoms with Crippen LogP contribution in [-0.4, -0.2) is 48.2 Å². The van der Waals surface area contributed by atoms with E-state index in [4.69, 9.17) is 4.84 Å². The third-order valence-electron chi connectivity index (χ3n) is 11.5. The summed E-state index contributed by atoms with van der Waals surface area (Å²) in [5, 5.41) is 7.97. The van der Waals surface area contributed by atoms with E-state index in [-0.39, 0.29) is 16.9 Å². The summed E-state index contributed by atoms with van der Waals surface area (Å²) >= 11 is 0. The van der Waals surface area contributed by atoms with Gasteiger partial charge in [-0.2, -0.15) is 0 Å². The number of amides is 1. The predicted molar refractivity (Wildman–Crippen MR) is 143 cm³/mol. The fourth-order valence-electron chi connectivity index (χ4n) is 9.19. The van der Waals surface area contributed by atoms with Gasteiger partial charge in [0.15, 0.2) is 5.78 Å². The van der Waals surface area contributed by atoms with E-state index in [1.807, 2.05) is 13.0 Å². The average Bonchev–Trinajstić information content (AvgIpc) is 3.43. The average molecular weight is 498 g/mol. The number of fused-ring (bicyclic) bond motifs is 5. The lowest BCUT2D eigenvalue weighted by molar-refractivity contribution is -0.117. The third kappa shape index (κ3) is 4.35. The number of carbonyl (C=O) groups is 2. The Balaban J connectivity index is 1.25. The number of likely N-dealkylation sites (N-methyl/N-ethyl adjacent to an activating group) is 1. The molecule has 36 heavy (non-hydrogen) atoms. The summed E-state index contributed by atoms with van der Waals surface area (Å²) < 4.78 is 0. The van der Waals surface area contributed by atoms with Crippen LogP contribution in [-0.2, 0) is 9.63 Å². The van der Waals surface area contributed by atoms with Crippen molar-refractivity contribution < 1.29 is 14.4 Å². The zero-order valence-corrected chi connectivity index (χ0v) is 23.1. The summed E-state index contributed by atoms with van der Waals surface area (Å²) in [6.45, 7) is 13.6. The Morgan fingerprint density at radius 3 is 2.67 bits per heavy atom. The number of nitrogens with zero attached hydrogens (tertiary/aromatic N) is 2. The number of oxime groups is 1. The molecular formula is C30H47N3O3. The molecule has 200 valence electrons. The second-order valence-corrected chi connectivity index (χ2v) is 13.1. The van der Waals surface area contributed by atoms with Crippen molar-refractivity contribution in [1.29, 1.82) is 0 Å². The highest BCUT2D eigenvalue weighted by molar-refractivity contribution is 5.91. The van der Waals surface area contributed by atoms with Crippen molar-refractivity contribution in [2.75, 3.05) is 19.6 Å². The molecule has 0 spiro atoms. The number of nitrogens with one attached hydrogen (secondary N) is 1. The summed E-state index contributed by atoms with van der Waals surface area (Å²) in [5.41, 5.74) is 2.85. The Kier molecular flexibility index (Phi) is 7.12. The number of rotatable bonds is 5. The van der Waals surface area contributed by atoms with Gasteiger partial charge in [-0.3, -0.25) is 9.63 Å². The van der Waals surface area contributed by atoms with Gasteiger partial charge in [-0.25, -0.2) is 4.79 Å². The summed E-state index contributed by atoms with van der Waals surface area (Å²) in [6, 6.07) is 0.335. The van der Waals surface area contributed by atoms with E-state index in [9.17, 15) is 9.59 Å². The largest absolute Gasteiger partial charge is 0.436 e. The van der Waals surface area contributed by atoms with Gasteiger partial charge in [0.25, 0.3) is 0 Å². The van der Waals surface area contributed by atoms with Crippen LogP contribution in [0.4, 0.5) is 4.79 Å². The maximum Gasteiger partial charge on any atom is 0.436 e. The number of ketones is 1. The molecule has 4 fully saturated rings. The van der Waals surface area contributed by atoms with Crippen LogP contribution in [0.2, 0.25) is 0 Å². The Bertz CT molecular complexity index is 944. The molecule has 6 heteroatoms. The second kappa shape index (κ2) is 9.89. The summed E-state index contributed by atoms with van der Waals surface area (Å²) in [4.78, 5) is 32.3. The van der Waals surface area contributed by atoms with Gasteiger partial charge in [-0.15, -0.1) is 0 Å². The number of hydrogen-bond acceptors (Lipinski definition) is 5. The van der Waals surface area contributed by atoms with Gasteiger partial charge < -0.3 is 10.2 Å². The van der Waals surface area contributed by atoms with Crippen LogP contribution in [0, 0.1) is 40.4 Å². The normalized spacial score (nSPS) is 42.3. The highest BCUT2D eigenvalue weighted by atomic mass is 16.7. The summed E-state index contributed by atoms with van der Waals surface area (Å²) in [7, 11) is 0. The molecule has 0 radical (unpaired) electrons. The van der Waals surface area contributed by atoms with Crippen molar-refractivity contribution in [3.63, 3.8) is 0 Å². The molecule has 2 unspecified atom stereocenters. The van der Waals surface area contributed by atoms with Gasteiger partial charge in [0.2, 0.25) is 0 Å². The number of carbonyl (C=O) groups excluding carboxylic acids is 2. The molecule has 8 atom stereocenters. The highest BCUT2D eigenvalue weighted by Gasteiger charge is 2.59. The van der Waals surface area contributed by atoms with Crippen molar-refractivity contribution in [2.45, 2.75) is 98.4 Å². The molecule has 0 aromatic heterocycles. The molecular weight excluding hydrogens is 450 g/mol. The Morgan fingerprint density at radius 1 is 1.14 bits per heavy atom. The van der Waals surface area contributed by atoms with Crippen LogP contribution >= 0.6 is 0 Å². The fraction of sp³-hybridized carbons (Fsp3) is 0.833. The molecule has 4 aliphatic carbocycles. The molecule has 5 rings (SSSR count). The van der Waals surface area contributed by atoms with E-state index in [0.717, 1.165) is 50.3 Å². The zero-order chi connectivity index (χ0) is 25.7. The van der Waals surface area contributed by atoms with Crippen molar-refractivity contribution in [1.82, 2.24) is 10.2 Å². The van der Waals surface area contributed by atoms with Crippen LogP contribution in [0.5, 0.6) is 0 Å². The van der Waals surface area contributed by atoms with Crippen LogP contribution in [0.1, 0.15) is 92.4 Å². The molecule has 6 nitrogen and oxygen atoms in total. The first kappa shape index (κ1) is 25.9. The van der Waals surface area contributed by atoms with Gasteiger partial charge >= 0.3 is 6.09 Å². The van der Waals surface area contributed by atoms with E-state index in [1.165, 1.54) is 31.3 Å². The first-order valence-electron chi connectivity index (χ1n) is 14.6. The minimum absolute atomic E-state index is 0.212. The minimum atomic E-state index is -0.326. The number of hydrogen-bond donors (Lipinski definition) is 1. The molecule has 3 saturated carbocycles. The molecule has 0 aromatic carbocycles. The second-order valence-electron chi connectivity index (χ2n) is 13.1. The minimum Gasteiger partial charge on any atom is -0.312 e. The van der Waals surface area contributed by atoms with Crippen LogP contribution < -0.4 is 5.32 Å². The quantitative estimate of drug-likeness (QED) is 0.289. The molecule has 1 saturated heterocycles. The van der Waals surface area contributed by atoms with E-state index >= 15 is 0 Å². The SMILES string of the molecule is CCN(CC1NCCC1C)C(=O)O/N=C(\C)[C@H]1CC[C@H]2[C@@H]3CCC4=CC(=O)CC[C@]4(C)[C@H]3CC[C@]12C. The Hall–Kier alpha value is -1.69. The van der Waals surface area contributed by atoms with Gasteiger partial charge in [0, 0.05) is 31.5 Å². The van der Waals surface area contributed by atoms with Crippen LogP contribution in [0.25, 0.3) is 0 Å². The Labute approximate surface area is 217 Å². The summed E-state index contributed by atoms with van der Waals surface area (Å²) in [5.74, 6) is 3.41. The van der Waals surface area contributed by atoms with E-state index in [1.54, 1.807) is 4.90 Å². The number of allylic oxidation sites excluding steroid dienone is 1. The highest BCUT2D eigenvalue weighted by Crippen LogP contribution is 2.66. The van der Waals surface area contributed by atoms with Crippen molar-refractivity contribution in [2.24, 2.45) is 45.6 Å². The van der Waals surface area contributed by atoms with Gasteiger partial charge in [0.1, 0.15) is 0 Å². The maximum absolute atomic E-state index is 12.9. The molecule has 0 bridgehead atoms. The van der Waals surface area contributed by atoms with E-state index in [2.05, 4.69) is 38.2 Å². The standard InChI is InChI=1S/C30H47N3O3/c1-6-33(18-27-19(2)13-16-31-27)28(35)36-32-20(3)24-9-10-25-23-8-7-21-17-22(34)11-14-29(21,4)26(23)12-15-30(24,25)5/h17,19,23-27,31H,6-16,18H2,1-5H3/b32-20+/t19?,23-,24+,25-,26-,27?,29-,30+/m0/s1. The molecule has 1 N–H and O–H groups in total. The van der Waals surface area contributed by atoms with Crippen molar-refractivity contribution in [3.05, 3.63) is 11.6 Å². The van der Waals surface area contributed by atoms with Gasteiger partial charge in [0.05, 0.1) is 5.71 Å². The lowest BCUT2D eigenvalue weighted by atomic mass is 9.46. The third-order valence-corrected chi connectivity index (χ3v) is 11.5. The summed E-state index contributed by atoms with van der Waals surface area (Å²) in [6.07, 6.45) is 11.7. The molecule has 1 heterocycles. The lowest BCUT2D eigenvalue weighted by Gasteiger charge is -2.58. The Morgan fingerprint density at radius 2 is 1.94 bits per heavy atom. The molecule has 1 aliphatic heterocycles. The topological polar surface area (TPSA) is 71.0 Å². The fourth-order valence-corrected chi connectivity index (χ4v) is 9.19. The van der Waals surface area contributed by atoms with Gasteiger partial charge in [-0.05, 0) is 112 Å². The zero-order valence-electron chi connectivity index (χ0n) is 23.1. The van der Waals surface area contributed by atoms with E-state index in [0.29, 0.717) is 48.6 Å². The monoisotopic (exact) mass is 497 g/mol. The first-order valence-corrected chi connectivity index (χ1v) is 14.6. The molecule has 0 aromatic rings. The smallest absolute Gasteiger partial charge is 0.312 e. The van der Waals surface area contributed by atoms with Crippen molar-refractivity contribution >= 4 is 17.6 Å². The molecule has 1 amide bonds. The molecule has 5 aliphatic rings. The lowest BCUT2D eigenvalue weighted by Crippen LogP contribution is -2.51.